The first-order chi connectivity index (χ1) is 8.47. The van der Waals surface area contributed by atoms with Crippen molar-refractivity contribution >= 4 is 37.5 Å². The molecular weight excluding hydrogens is 358 g/mol. The molecule has 2 aromatic rings. The van der Waals surface area contributed by atoms with Gasteiger partial charge in [-0.15, -0.1) is 0 Å². The molecule has 2 aromatic carbocycles. The topological polar surface area (TPSA) is 35.2 Å². The van der Waals surface area contributed by atoms with E-state index in [1.54, 1.807) is 0 Å². The first kappa shape index (κ1) is 13.4. The van der Waals surface area contributed by atoms with Crippen LogP contribution in [0.4, 0.5) is 5.69 Å². The fourth-order valence-electron chi connectivity index (χ4n) is 1.56. The third-order valence-electron chi connectivity index (χ3n) is 2.68. The summed E-state index contributed by atoms with van der Waals surface area (Å²) in [7, 11) is 0. The van der Waals surface area contributed by atoms with E-state index in [4.69, 9.17) is 10.5 Å². The minimum atomic E-state index is 0.751. The van der Waals surface area contributed by atoms with E-state index in [0.29, 0.717) is 0 Å². The molecule has 2 N–H and O–H groups in total. The largest absolute Gasteiger partial charge is 0.456 e. The summed E-state index contributed by atoms with van der Waals surface area (Å²) < 4.78 is 7.78. The Labute approximate surface area is 123 Å². The average Bonchev–Trinajstić information content (AvgIpc) is 2.31. The number of ether oxygens (including phenoxy) is 1. The maximum Gasteiger partial charge on any atom is 0.142 e. The molecule has 0 radical (unpaired) electrons. The van der Waals surface area contributed by atoms with Crippen LogP contribution in [-0.2, 0) is 0 Å². The fourth-order valence-corrected chi connectivity index (χ4v) is 2.24. The second-order valence-electron chi connectivity index (χ2n) is 4.15. The Morgan fingerprint density at radius 2 is 1.67 bits per heavy atom. The molecule has 0 aliphatic rings. The molecule has 94 valence electrons. The van der Waals surface area contributed by atoms with E-state index in [9.17, 15) is 0 Å². The summed E-state index contributed by atoms with van der Waals surface area (Å²) in [5.74, 6) is 1.57. The van der Waals surface area contributed by atoms with E-state index < -0.39 is 0 Å². The van der Waals surface area contributed by atoms with Crippen molar-refractivity contribution in [3.63, 3.8) is 0 Å². The number of hydrogen-bond acceptors (Lipinski definition) is 2. The number of aryl methyl sites for hydroxylation is 2. The van der Waals surface area contributed by atoms with Crippen molar-refractivity contribution in [2.75, 3.05) is 5.73 Å². The summed E-state index contributed by atoms with van der Waals surface area (Å²) in [6.45, 7) is 3.99. The molecule has 0 atom stereocenters. The van der Waals surface area contributed by atoms with Gasteiger partial charge in [0, 0.05) is 10.2 Å². The summed E-state index contributed by atoms with van der Waals surface area (Å²) >= 11 is 6.93. The summed E-state index contributed by atoms with van der Waals surface area (Å²) in [5, 5.41) is 0. The van der Waals surface area contributed by atoms with Gasteiger partial charge in [0.25, 0.3) is 0 Å². The molecule has 2 nitrogen and oxygen atoms in total. The van der Waals surface area contributed by atoms with Crippen LogP contribution < -0.4 is 10.5 Å². The van der Waals surface area contributed by atoms with E-state index in [1.165, 1.54) is 0 Å². The molecule has 0 fully saturated rings. The maximum atomic E-state index is 5.86. The molecule has 0 aliphatic heterocycles. The summed E-state index contributed by atoms with van der Waals surface area (Å²) in [4.78, 5) is 0. The predicted molar refractivity (Wildman–Crippen MR) is 82.2 cm³/mol. The smallest absolute Gasteiger partial charge is 0.142 e. The van der Waals surface area contributed by atoms with Crippen LogP contribution in [0, 0.1) is 13.8 Å². The molecular formula is C14H13Br2NO. The van der Waals surface area contributed by atoms with Gasteiger partial charge in [-0.1, -0.05) is 15.9 Å². The molecule has 0 saturated heterocycles. The number of nitrogens with two attached hydrogens (primary N) is 1. The lowest BCUT2D eigenvalue weighted by atomic mass is 10.2. The summed E-state index contributed by atoms with van der Waals surface area (Å²) in [6, 6.07) is 9.67. The van der Waals surface area contributed by atoms with E-state index in [1.807, 2.05) is 44.2 Å². The molecule has 0 amide bonds. The van der Waals surface area contributed by atoms with E-state index in [2.05, 4.69) is 31.9 Å². The van der Waals surface area contributed by atoms with Crippen molar-refractivity contribution < 1.29 is 4.74 Å². The van der Waals surface area contributed by atoms with Gasteiger partial charge in [0.1, 0.15) is 11.5 Å². The maximum absolute atomic E-state index is 5.86. The number of anilines is 1. The summed E-state index contributed by atoms with van der Waals surface area (Å²) in [5.41, 5.74) is 8.72. The molecule has 0 unspecified atom stereocenters. The van der Waals surface area contributed by atoms with Crippen LogP contribution in [0.5, 0.6) is 11.5 Å². The second-order valence-corrected chi connectivity index (χ2v) is 5.86. The highest BCUT2D eigenvalue weighted by molar-refractivity contribution is 9.10. The zero-order valence-corrected chi connectivity index (χ0v) is 13.3. The zero-order valence-electron chi connectivity index (χ0n) is 10.1. The van der Waals surface area contributed by atoms with Crippen LogP contribution in [0.25, 0.3) is 0 Å². The van der Waals surface area contributed by atoms with Crippen molar-refractivity contribution in [3.05, 3.63) is 50.4 Å². The molecule has 0 aromatic heterocycles. The molecule has 0 bridgehead atoms. The van der Waals surface area contributed by atoms with Crippen LogP contribution in [0.3, 0.4) is 0 Å². The fraction of sp³-hybridized carbons (Fsp3) is 0.143. The highest BCUT2D eigenvalue weighted by Gasteiger charge is 2.07. The number of halogens is 2. The van der Waals surface area contributed by atoms with Crippen molar-refractivity contribution in [1.29, 1.82) is 0 Å². The Morgan fingerprint density at radius 1 is 0.944 bits per heavy atom. The van der Waals surface area contributed by atoms with Crippen molar-refractivity contribution in [2.24, 2.45) is 0 Å². The van der Waals surface area contributed by atoms with Crippen LogP contribution in [0.15, 0.2) is 39.3 Å². The minimum Gasteiger partial charge on any atom is -0.456 e. The van der Waals surface area contributed by atoms with Crippen LogP contribution in [-0.4, -0.2) is 0 Å². The number of benzene rings is 2. The lowest BCUT2D eigenvalue weighted by Gasteiger charge is -2.11. The molecule has 0 saturated carbocycles. The highest BCUT2D eigenvalue weighted by Crippen LogP contribution is 2.34. The van der Waals surface area contributed by atoms with Gasteiger partial charge in [0.15, 0.2) is 0 Å². The quantitative estimate of drug-likeness (QED) is 0.737. The number of rotatable bonds is 2. The van der Waals surface area contributed by atoms with Crippen molar-refractivity contribution in [3.8, 4) is 11.5 Å². The molecule has 4 heteroatoms. The molecule has 18 heavy (non-hydrogen) atoms. The standard InChI is InChI=1S/C14H13Br2NO/c1-8-5-10(3-4-11(8)15)18-14-6-9(2)13(17)7-12(14)16/h3-7H,17H2,1-2H3. The zero-order chi connectivity index (χ0) is 13.3. The molecule has 0 heterocycles. The monoisotopic (exact) mass is 369 g/mol. The lowest BCUT2D eigenvalue weighted by molar-refractivity contribution is 0.479. The van der Waals surface area contributed by atoms with Gasteiger partial charge in [-0.2, -0.15) is 0 Å². The van der Waals surface area contributed by atoms with Gasteiger partial charge in [-0.05, 0) is 71.2 Å². The Hall–Kier alpha value is -1.00. The van der Waals surface area contributed by atoms with Gasteiger partial charge < -0.3 is 10.5 Å². The van der Waals surface area contributed by atoms with Gasteiger partial charge in [-0.25, -0.2) is 0 Å². The lowest BCUT2D eigenvalue weighted by Crippen LogP contribution is -1.92. The number of nitrogen functional groups attached to an aromatic ring is 1. The normalized spacial score (nSPS) is 10.4. The van der Waals surface area contributed by atoms with Gasteiger partial charge in [0.05, 0.1) is 4.47 Å². The Bertz CT molecular complexity index is 597. The average molecular weight is 371 g/mol. The molecule has 2 rings (SSSR count). The third-order valence-corrected chi connectivity index (χ3v) is 4.19. The highest BCUT2D eigenvalue weighted by atomic mass is 79.9. The number of hydrogen-bond donors (Lipinski definition) is 1. The van der Waals surface area contributed by atoms with E-state index >= 15 is 0 Å². The summed E-state index contributed by atoms with van der Waals surface area (Å²) in [6.07, 6.45) is 0. The van der Waals surface area contributed by atoms with Crippen LogP contribution in [0.1, 0.15) is 11.1 Å². The van der Waals surface area contributed by atoms with Crippen molar-refractivity contribution in [1.82, 2.24) is 0 Å². The minimum absolute atomic E-state index is 0.751. The Kier molecular flexibility index (Phi) is 3.97. The Morgan fingerprint density at radius 3 is 2.33 bits per heavy atom. The van der Waals surface area contributed by atoms with E-state index in [0.717, 1.165) is 37.3 Å². The van der Waals surface area contributed by atoms with Gasteiger partial charge in [-0.3, -0.25) is 0 Å². The van der Waals surface area contributed by atoms with Gasteiger partial charge in [0.2, 0.25) is 0 Å². The molecule has 0 spiro atoms. The molecule has 0 aliphatic carbocycles. The predicted octanol–water partition coefficient (Wildman–Crippen LogP) is 5.20. The SMILES string of the molecule is Cc1cc(Oc2ccc(Br)c(C)c2)c(Br)cc1N. The first-order valence-corrected chi connectivity index (χ1v) is 7.05. The Balaban J connectivity index is 2.34. The van der Waals surface area contributed by atoms with E-state index in [-0.39, 0.29) is 0 Å². The second kappa shape index (κ2) is 5.33. The third kappa shape index (κ3) is 2.87. The van der Waals surface area contributed by atoms with Crippen LogP contribution in [0.2, 0.25) is 0 Å². The van der Waals surface area contributed by atoms with Gasteiger partial charge >= 0.3 is 0 Å². The first-order valence-electron chi connectivity index (χ1n) is 5.47. The van der Waals surface area contributed by atoms with Crippen molar-refractivity contribution in [2.45, 2.75) is 13.8 Å². The van der Waals surface area contributed by atoms with Crippen LogP contribution >= 0.6 is 31.9 Å².